The second-order valence-corrected chi connectivity index (χ2v) is 4.36. The molecule has 0 bridgehead atoms. The van der Waals surface area contributed by atoms with Crippen LogP contribution in [0.1, 0.15) is 18.5 Å². The first-order chi connectivity index (χ1) is 9.15. The molecule has 0 saturated heterocycles. The summed E-state index contributed by atoms with van der Waals surface area (Å²) in [5, 5.41) is 3.17. The van der Waals surface area contributed by atoms with Gasteiger partial charge in [-0.15, -0.1) is 0 Å². The molecule has 2 rings (SSSR count). The molecule has 0 radical (unpaired) electrons. The summed E-state index contributed by atoms with van der Waals surface area (Å²) in [5.41, 5.74) is 2.70. The molecule has 4 heteroatoms. The van der Waals surface area contributed by atoms with Gasteiger partial charge in [-0.1, -0.05) is 6.07 Å². The van der Waals surface area contributed by atoms with Gasteiger partial charge in [0.1, 0.15) is 11.6 Å². The van der Waals surface area contributed by atoms with Crippen molar-refractivity contribution in [2.24, 2.45) is 0 Å². The number of pyridine rings is 1. The summed E-state index contributed by atoms with van der Waals surface area (Å²) in [4.78, 5) is 4.12. The third kappa shape index (κ3) is 2.90. The molecule has 0 aliphatic carbocycles. The van der Waals surface area contributed by atoms with Gasteiger partial charge in [0.2, 0.25) is 0 Å². The van der Waals surface area contributed by atoms with Gasteiger partial charge < -0.3 is 10.1 Å². The lowest BCUT2D eigenvalue weighted by atomic mass is 9.96. The predicted molar refractivity (Wildman–Crippen MR) is 73.7 cm³/mol. The highest BCUT2D eigenvalue weighted by Crippen LogP contribution is 2.30. The number of methoxy groups -OCH3 is 1. The van der Waals surface area contributed by atoms with Crippen molar-refractivity contribution in [1.82, 2.24) is 10.3 Å². The number of hydrogen-bond acceptors (Lipinski definition) is 3. The van der Waals surface area contributed by atoms with Crippen LogP contribution < -0.4 is 10.1 Å². The Hall–Kier alpha value is -1.94. The molecule has 0 fully saturated rings. The maximum Gasteiger partial charge on any atom is 0.137 e. The van der Waals surface area contributed by atoms with Crippen LogP contribution in [0.5, 0.6) is 5.75 Å². The molecular formula is C15H17FN2O. The first-order valence-corrected chi connectivity index (χ1v) is 6.12. The van der Waals surface area contributed by atoms with Crippen molar-refractivity contribution in [3.8, 4) is 16.9 Å². The summed E-state index contributed by atoms with van der Waals surface area (Å²) >= 11 is 0. The van der Waals surface area contributed by atoms with Crippen LogP contribution in [0.25, 0.3) is 11.1 Å². The molecule has 3 nitrogen and oxygen atoms in total. The summed E-state index contributed by atoms with van der Waals surface area (Å²) in [6.07, 6.45) is 3.34. The number of nitrogens with zero attached hydrogens (tertiary/aromatic N) is 1. The average Bonchev–Trinajstić information content (AvgIpc) is 2.46. The molecule has 0 spiro atoms. The minimum atomic E-state index is -0.259. The number of hydrogen-bond donors (Lipinski definition) is 1. The molecule has 100 valence electrons. The number of ether oxygens (including phenoxy) is 1. The van der Waals surface area contributed by atoms with Crippen molar-refractivity contribution < 1.29 is 9.13 Å². The largest absolute Gasteiger partial charge is 0.495 e. The van der Waals surface area contributed by atoms with Crippen LogP contribution in [0.3, 0.4) is 0 Å². The van der Waals surface area contributed by atoms with Crippen molar-refractivity contribution in [1.29, 1.82) is 0 Å². The van der Waals surface area contributed by atoms with Crippen molar-refractivity contribution in [3.63, 3.8) is 0 Å². The van der Waals surface area contributed by atoms with Gasteiger partial charge in [0.25, 0.3) is 0 Å². The van der Waals surface area contributed by atoms with Gasteiger partial charge in [-0.05, 0) is 43.3 Å². The van der Waals surface area contributed by atoms with E-state index >= 15 is 0 Å². The summed E-state index contributed by atoms with van der Waals surface area (Å²) < 4.78 is 18.7. The van der Waals surface area contributed by atoms with Crippen molar-refractivity contribution >= 4 is 0 Å². The fourth-order valence-electron chi connectivity index (χ4n) is 1.99. The van der Waals surface area contributed by atoms with Crippen LogP contribution in [0.15, 0.2) is 36.7 Å². The number of aromatic nitrogens is 1. The Morgan fingerprint density at radius 3 is 2.74 bits per heavy atom. The van der Waals surface area contributed by atoms with Gasteiger partial charge in [0, 0.05) is 17.8 Å². The van der Waals surface area contributed by atoms with E-state index in [1.54, 1.807) is 25.6 Å². The Balaban J connectivity index is 2.55. The Kier molecular flexibility index (Phi) is 4.12. The molecule has 1 aromatic carbocycles. The Bertz CT molecular complexity index is 572. The van der Waals surface area contributed by atoms with Crippen LogP contribution in [0.2, 0.25) is 0 Å². The fraction of sp³-hybridized carbons (Fsp3) is 0.267. The summed E-state index contributed by atoms with van der Waals surface area (Å²) in [7, 11) is 3.46. The van der Waals surface area contributed by atoms with Gasteiger partial charge in [0.15, 0.2) is 0 Å². The van der Waals surface area contributed by atoms with Gasteiger partial charge in [-0.25, -0.2) is 4.39 Å². The maximum atomic E-state index is 13.5. The van der Waals surface area contributed by atoms with Gasteiger partial charge in [0.05, 0.1) is 13.3 Å². The van der Waals surface area contributed by atoms with Crippen molar-refractivity contribution in [2.45, 2.75) is 13.0 Å². The van der Waals surface area contributed by atoms with Crippen molar-refractivity contribution in [2.75, 3.05) is 14.2 Å². The minimum absolute atomic E-state index is 0.127. The average molecular weight is 260 g/mol. The molecule has 0 aliphatic rings. The maximum absolute atomic E-state index is 13.5. The van der Waals surface area contributed by atoms with Crippen LogP contribution in [0, 0.1) is 5.82 Å². The lowest BCUT2D eigenvalue weighted by molar-refractivity contribution is 0.413. The second-order valence-electron chi connectivity index (χ2n) is 4.36. The smallest absolute Gasteiger partial charge is 0.137 e. The number of rotatable bonds is 4. The molecule has 0 aliphatic heterocycles. The number of halogens is 1. The molecule has 2 aromatic rings. The molecule has 0 amide bonds. The lowest BCUT2D eigenvalue weighted by Gasteiger charge is -2.16. The van der Waals surface area contributed by atoms with E-state index in [4.69, 9.17) is 4.74 Å². The zero-order chi connectivity index (χ0) is 13.8. The highest BCUT2D eigenvalue weighted by Gasteiger charge is 2.12. The van der Waals surface area contributed by atoms with Gasteiger partial charge >= 0.3 is 0 Å². The Labute approximate surface area is 112 Å². The van der Waals surface area contributed by atoms with E-state index in [1.165, 1.54) is 12.1 Å². The van der Waals surface area contributed by atoms with Crippen LogP contribution in [-0.4, -0.2) is 19.1 Å². The second kappa shape index (κ2) is 5.80. The molecule has 19 heavy (non-hydrogen) atoms. The fourth-order valence-corrected chi connectivity index (χ4v) is 1.99. The third-order valence-electron chi connectivity index (χ3n) is 3.17. The Morgan fingerprint density at radius 2 is 2.05 bits per heavy atom. The first kappa shape index (κ1) is 13.5. The standard InChI is InChI=1S/C15H17FN2O/c1-10(17-2)14-5-4-12(16)7-15(14)11-6-13(19-3)9-18-8-11/h4-10,17H,1-3H3. The lowest BCUT2D eigenvalue weighted by Crippen LogP contribution is -2.13. The van der Waals surface area contributed by atoms with E-state index in [0.29, 0.717) is 5.75 Å². The van der Waals surface area contributed by atoms with E-state index < -0.39 is 0 Å². The minimum Gasteiger partial charge on any atom is -0.495 e. The quantitative estimate of drug-likeness (QED) is 0.916. The predicted octanol–water partition coefficient (Wildman–Crippen LogP) is 3.18. The van der Waals surface area contributed by atoms with E-state index in [9.17, 15) is 4.39 Å². The van der Waals surface area contributed by atoms with Crippen LogP contribution >= 0.6 is 0 Å². The zero-order valence-electron chi connectivity index (χ0n) is 11.3. The SMILES string of the molecule is CNC(C)c1ccc(F)cc1-c1cncc(OC)c1. The van der Waals surface area contributed by atoms with Crippen LogP contribution in [-0.2, 0) is 0 Å². The zero-order valence-corrected chi connectivity index (χ0v) is 11.3. The third-order valence-corrected chi connectivity index (χ3v) is 3.17. The molecule has 1 heterocycles. The molecule has 1 atom stereocenters. The highest BCUT2D eigenvalue weighted by molar-refractivity contribution is 5.68. The summed E-state index contributed by atoms with van der Waals surface area (Å²) in [6, 6.07) is 6.78. The van der Waals surface area contributed by atoms with Gasteiger partial charge in [-0.3, -0.25) is 4.98 Å². The monoisotopic (exact) mass is 260 g/mol. The normalized spacial score (nSPS) is 12.2. The van der Waals surface area contributed by atoms with E-state index in [0.717, 1.165) is 16.7 Å². The molecule has 0 saturated carbocycles. The molecule has 1 aromatic heterocycles. The van der Waals surface area contributed by atoms with E-state index in [1.807, 2.05) is 20.0 Å². The van der Waals surface area contributed by atoms with Crippen LogP contribution in [0.4, 0.5) is 4.39 Å². The van der Waals surface area contributed by atoms with E-state index in [2.05, 4.69) is 10.3 Å². The first-order valence-electron chi connectivity index (χ1n) is 6.12. The van der Waals surface area contributed by atoms with Crippen molar-refractivity contribution in [3.05, 3.63) is 48.0 Å². The summed E-state index contributed by atoms with van der Waals surface area (Å²) in [5.74, 6) is 0.398. The molecular weight excluding hydrogens is 243 g/mol. The highest BCUT2D eigenvalue weighted by atomic mass is 19.1. The number of nitrogens with one attached hydrogen (secondary N) is 1. The number of benzene rings is 1. The summed E-state index contributed by atoms with van der Waals surface area (Å²) in [6.45, 7) is 2.03. The topological polar surface area (TPSA) is 34.2 Å². The van der Waals surface area contributed by atoms with E-state index in [-0.39, 0.29) is 11.9 Å². The van der Waals surface area contributed by atoms with Gasteiger partial charge in [-0.2, -0.15) is 0 Å². The molecule has 1 unspecified atom stereocenters. The molecule has 1 N–H and O–H groups in total. The Morgan fingerprint density at radius 1 is 1.26 bits per heavy atom.